The second-order valence-electron chi connectivity index (χ2n) is 5.39. The zero-order valence-corrected chi connectivity index (χ0v) is 14.3. The molecule has 4 N–H and O–H groups in total. The molecule has 7 heteroatoms. The highest BCUT2D eigenvalue weighted by Gasteiger charge is 2.21. The first kappa shape index (κ1) is 16.5. The summed E-state index contributed by atoms with van der Waals surface area (Å²) >= 11 is 3.44. The molecule has 1 aromatic carbocycles. The van der Waals surface area contributed by atoms with E-state index >= 15 is 0 Å². The summed E-state index contributed by atoms with van der Waals surface area (Å²) in [5.41, 5.74) is 4.46. The number of amides is 1. The highest BCUT2D eigenvalue weighted by Crippen LogP contribution is 2.34. The van der Waals surface area contributed by atoms with Gasteiger partial charge in [0.05, 0.1) is 12.2 Å². The highest BCUT2D eigenvalue weighted by atomic mass is 79.9. The van der Waals surface area contributed by atoms with Gasteiger partial charge in [-0.1, -0.05) is 29.8 Å². The largest absolute Gasteiger partial charge is 0.493 e. The number of carbonyl (C=O) groups excluding carboxylic acids is 1. The third-order valence-electron chi connectivity index (χ3n) is 3.07. The van der Waals surface area contributed by atoms with E-state index in [9.17, 15) is 4.79 Å². The topological polar surface area (TPSA) is 93.0 Å². The quantitative estimate of drug-likeness (QED) is 0.430. The van der Waals surface area contributed by atoms with Crippen LogP contribution in [0, 0.1) is 12.8 Å². The van der Waals surface area contributed by atoms with Crippen LogP contribution < -0.4 is 16.0 Å². The van der Waals surface area contributed by atoms with Crippen LogP contribution in [0.1, 0.15) is 29.9 Å². The van der Waals surface area contributed by atoms with Gasteiger partial charge in [-0.15, -0.1) is 0 Å². The number of nitrogens with one attached hydrogen (secondary N) is 2. The molecule has 1 aromatic heterocycles. The number of nitrogen functional groups attached to an aromatic ring is 1. The molecule has 0 atom stereocenters. The maximum atomic E-state index is 12.0. The minimum Gasteiger partial charge on any atom is -0.493 e. The van der Waals surface area contributed by atoms with Crippen molar-refractivity contribution < 1.29 is 9.53 Å². The Kier molecular flexibility index (Phi) is 5.20. The van der Waals surface area contributed by atoms with Crippen molar-refractivity contribution in [3.63, 3.8) is 0 Å². The molecule has 1 heterocycles. The molecule has 22 heavy (non-hydrogen) atoms. The Balaban J connectivity index is 2.52. The van der Waals surface area contributed by atoms with Gasteiger partial charge in [0.1, 0.15) is 11.4 Å². The third-order valence-corrected chi connectivity index (χ3v) is 3.57. The average Bonchev–Trinajstić information content (AvgIpc) is 2.86. The van der Waals surface area contributed by atoms with Gasteiger partial charge in [0.2, 0.25) is 0 Å². The lowest BCUT2D eigenvalue weighted by Gasteiger charge is -2.13. The van der Waals surface area contributed by atoms with Gasteiger partial charge in [0, 0.05) is 15.7 Å². The molecule has 0 saturated heterocycles. The van der Waals surface area contributed by atoms with Crippen LogP contribution in [0.25, 0.3) is 11.3 Å². The summed E-state index contributed by atoms with van der Waals surface area (Å²) in [6, 6.07) is 5.62. The van der Waals surface area contributed by atoms with E-state index in [0.717, 1.165) is 10.0 Å². The second-order valence-corrected chi connectivity index (χ2v) is 6.31. The first-order chi connectivity index (χ1) is 10.4. The van der Waals surface area contributed by atoms with Crippen molar-refractivity contribution in [1.82, 2.24) is 15.6 Å². The fourth-order valence-electron chi connectivity index (χ4n) is 2.04. The molecule has 0 fully saturated rings. The zero-order valence-electron chi connectivity index (χ0n) is 12.7. The first-order valence-electron chi connectivity index (χ1n) is 6.92. The fraction of sp³-hybridized carbons (Fsp3) is 0.333. The number of aromatic amines is 1. The summed E-state index contributed by atoms with van der Waals surface area (Å²) in [7, 11) is 0. The van der Waals surface area contributed by atoms with Crippen molar-refractivity contribution in [2.45, 2.75) is 20.8 Å². The Morgan fingerprint density at radius 1 is 1.50 bits per heavy atom. The minimum atomic E-state index is -0.393. The number of hydrogen-bond acceptors (Lipinski definition) is 4. The number of hydrazine groups is 1. The number of H-pyrrole nitrogens is 1. The smallest absolute Gasteiger partial charge is 0.269 e. The maximum Gasteiger partial charge on any atom is 0.269 e. The number of aryl methyl sites for hydroxylation is 1. The van der Waals surface area contributed by atoms with Gasteiger partial charge in [0.25, 0.3) is 5.91 Å². The lowest BCUT2D eigenvalue weighted by Crippen LogP contribution is -2.30. The Labute approximate surface area is 137 Å². The van der Waals surface area contributed by atoms with Crippen molar-refractivity contribution in [3.8, 4) is 17.0 Å². The van der Waals surface area contributed by atoms with Crippen LogP contribution in [-0.4, -0.2) is 22.7 Å². The molecule has 0 aliphatic rings. The first-order valence-corrected chi connectivity index (χ1v) is 7.72. The maximum absolute atomic E-state index is 12.0. The Morgan fingerprint density at radius 2 is 2.23 bits per heavy atom. The van der Waals surface area contributed by atoms with E-state index in [1.165, 1.54) is 0 Å². The Hall–Kier alpha value is -1.86. The van der Waals surface area contributed by atoms with Gasteiger partial charge >= 0.3 is 0 Å². The Morgan fingerprint density at radius 3 is 2.86 bits per heavy atom. The predicted octanol–water partition coefficient (Wildman–Crippen LogP) is 2.79. The van der Waals surface area contributed by atoms with Crippen molar-refractivity contribution in [3.05, 3.63) is 33.9 Å². The number of carbonyl (C=O) groups is 1. The summed E-state index contributed by atoms with van der Waals surface area (Å²) in [6.07, 6.45) is 0. The normalized spacial score (nSPS) is 10.8. The number of aromatic nitrogens is 2. The summed E-state index contributed by atoms with van der Waals surface area (Å²) in [6.45, 7) is 6.50. The highest BCUT2D eigenvalue weighted by molar-refractivity contribution is 9.10. The van der Waals surface area contributed by atoms with Crippen LogP contribution in [0.3, 0.4) is 0 Å². The van der Waals surface area contributed by atoms with Crippen LogP contribution in [0.15, 0.2) is 22.7 Å². The molecule has 0 unspecified atom stereocenters. The van der Waals surface area contributed by atoms with Crippen molar-refractivity contribution in [1.29, 1.82) is 0 Å². The monoisotopic (exact) mass is 366 g/mol. The van der Waals surface area contributed by atoms with Gasteiger partial charge in [-0.25, -0.2) is 5.84 Å². The van der Waals surface area contributed by atoms with Crippen molar-refractivity contribution >= 4 is 21.8 Å². The van der Waals surface area contributed by atoms with E-state index in [1.807, 2.05) is 18.2 Å². The molecule has 6 nitrogen and oxygen atoms in total. The minimum absolute atomic E-state index is 0.393. The Bertz CT molecular complexity index is 682. The number of halogens is 1. The summed E-state index contributed by atoms with van der Waals surface area (Å²) in [5, 5.41) is 7.07. The van der Waals surface area contributed by atoms with Crippen LogP contribution in [0.5, 0.6) is 5.75 Å². The van der Waals surface area contributed by atoms with Crippen LogP contribution in [0.4, 0.5) is 0 Å². The van der Waals surface area contributed by atoms with E-state index in [1.54, 1.807) is 6.92 Å². The molecule has 0 radical (unpaired) electrons. The molecule has 118 valence electrons. The SMILES string of the molecule is Cc1[nH]nc(-c2cc(Br)ccc2OCC(C)C)c1C(=O)NN. The average molecular weight is 367 g/mol. The number of benzene rings is 1. The number of nitrogens with zero attached hydrogens (tertiary/aromatic N) is 1. The summed E-state index contributed by atoms with van der Waals surface area (Å²) < 4.78 is 6.72. The fourth-order valence-corrected chi connectivity index (χ4v) is 2.40. The van der Waals surface area contributed by atoms with Crippen LogP contribution >= 0.6 is 15.9 Å². The lowest BCUT2D eigenvalue weighted by atomic mass is 10.0. The van der Waals surface area contributed by atoms with E-state index in [2.05, 4.69) is 45.4 Å². The predicted molar refractivity (Wildman–Crippen MR) is 88.4 cm³/mol. The molecule has 0 aliphatic carbocycles. The van der Waals surface area contributed by atoms with Gasteiger partial charge in [-0.05, 0) is 31.0 Å². The zero-order chi connectivity index (χ0) is 16.3. The molecular weight excluding hydrogens is 348 g/mol. The lowest BCUT2D eigenvalue weighted by molar-refractivity contribution is 0.0954. The summed E-state index contributed by atoms with van der Waals surface area (Å²) in [4.78, 5) is 12.0. The standard InChI is InChI=1S/C15H19BrN4O2/c1-8(2)7-22-12-5-4-10(16)6-11(12)14-13(15(21)18-17)9(3)19-20-14/h4-6,8H,7,17H2,1-3H3,(H,18,21)(H,19,20). The molecule has 1 amide bonds. The third kappa shape index (κ3) is 3.48. The van der Waals surface area contributed by atoms with E-state index < -0.39 is 5.91 Å². The molecule has 0 bridgehead atoms. The number of rotatable bonds is 5. The van der Waals surface area contributed by atoms with Crippen molar-refractivity contribution in [2.75, 3.05) is 6.61 Å². The second kappa shape index (κ2) is 6.93. The molecule has 0 spiro atoms. The van der Waals surface area contributed by atoms with Crippen molar-refractivity contribution in [2.24, 2.45) is 11.8 Å². The van der Waals surface area contributed by atoms with E-state index in [0.29, 0.717) is 35.2 Å². The number of hydrogen-bond donors (Lipinski definition) is 3. The molecule has 0 saturated carbocycles. The van der Waals surface area contributed by atoms with Crippen LogP contribution in [0.2, 0.25) is 0 Å². The number of nitrogens with two attached hydrogens (primary N) is 1. The van der Waals surface area contributed by atoms with Gasteiger partial charge in [-0.3, -0.25) is 15.3 Å². The number of ether oxygens (including phenoxy) is 1. The van der Waals surface area contributed by atoms with E-state index in [4.69, 9.17) is 10.6 Å². The molecule has 0 aliphatic heterocycles. The van der Waals surface area contributed by atoms with Gasteiger partial charge < -0.3 is 4.74 Å². The van der Waals surface area contributed by atoms with Gasteiger partial charge in [0.15, 0.2) is 0 Å². The summed E-state index contributed by atoms with van der Waals surface area (Å²) in [5.74, 6) is 5.94. The van der Waals surface area contributed by atoms with Gasteiger partial charge in [-0.2, -0.15) is 5.10 Å². The van der Waals surface area contributed by atoms with Crippen LogP contribution in [-0.2, 0) is 0 Å². The molecular formula is C15H19BrN4O2. The molecule has 2 aromatic rings. The molecule has 2 rings (SSSR count). The van der Waals surface area contributed by atoms with E-state index in [-0.39, 0.29) is 0 Å².